The van der Waals surface area contributed by atoms with Crippen LogP contribution in [0.1, 0.15) is 0 Å². The largest absolute Gasteiger partial charge is 0.366 e. The van der Waals surface area contributed by atoms with Gasteiger partial charge in [-0.3, -0.25) is 4.79 Å². The summed E-state index contributed by atoms with van der Waals surface area (Å²) in [6.07, 6.45) is 6.83. The summed E-state index contributed by atoms with van der Waals surface area (Å²) in [5, 5.41) is 6.56. The van der Waals surface area contributed by atoms with Crippen LogP contribution in [0.2, 0.25) is 0 Å². The van der Waals surface area contributed by atoms with Crippen LogP contribution in [0.4, 0.5) is 15.9 Å². The summed E-state index contributed by atoms with van der Waals surface area (Å²) >= 11 is 0. The third-order valence-corrected chi connectivity index (χ3v) is 4.60. The van der Waals surface area contributed by atoms with Gasteiger partial charge in [0.2, 0.25) is 5.95 Å². The van der Waals surface area contributed by atoms with E-state index < -0.39 is 5.95 Å². The highest BCUT2D eigenvalue weighted by Gasteiger charge is 2.12. The van der Waals surface area contributed by atoms with Crippen LogP contribution in [-0.2, 0) is 0 Å². The maximum atomic E-state index is 13.2. The number of benzene rings is 1. The van der Waals surface area contributed by atoms with Crippen LogP contribution in [0.25, 0.3) is 32.8 Å². The number of hydrogen-bond donors (Lipinski definition) is 3. The molecule has 7 heteroatoms. The average Bonchev–Trinajstić information content (AvgIpc) is 3.16. The highest BCUT2D eigenvalue weighted by atomic mass is 19.1. The molecule has 0 aliphatic heterocycles. The van der Waals surface area contributed by atoms with E-state index in [4.69, 9.17) is 0 Å². The minimum absolute atomic E-state index is 0.237. The number of nitrogens with zero attached hydrogens (tertiary/aromatic N) is 2. The van der Waals surface area contributed by atoms with E-state index in [0.717, 1.165) is 21.8 Å². The van der Waals surface area contributed by atoms with Crippen molar-refractivity contribution in [3.63, 3.8) is 0 Å². The second-order valence-corrected chi connectivity index (χ2v) is 6.42. The minimum atomic E-state index is -0.556. The standard InChI is InChI=1S/C21H14FN5O/c22-18-4-2-14(11-25-18)17-8-12-5-6-24-21(28)19(12)20(27-17)26-16-3-1-13-9-23-10-15(13)7-16/h1-11,23H,(H,24,28)(H,26,27). The SMILES string of the molecule is O=c1[nH]ccc2cc(-c3ccc(F)nc3)nc(Nc3ccc4c[nH]cc4c3)c12. The van der Waals surface area contributed by atoms with Crippen LogP contribution in [0.15, 0.2) is 72.0 Å². The zero-order valence-corrected chi connectivity index (χ0v) is 14.5. The first-order chi connectivity index (χ1) is 13.7. The Hall–Kier alpha value is -4.00. The quantitative estimate of drug-likeness (QED) is 0.412. The number of fused-ring (bicyclic) bond motifs is 2. The van der Waals surface area contributed by atoms with E-state index in [1.54, 1.807) is 24.4 Å². The van der Waals surface area contributed by atoms with Crippen LogP contribution < -0.4 is 10.9 Å². The van der Waals surface area contributed by atoms with Crippen LogP contribution in [-0.4, -0.2) is 19.9 Å². The lowest BCUT2D eigenvalue weighted by molar-refractivity contribution is 0.584. The molecule has 0 aliphatic rings. The summed E-state index contributed by atoms with van der Waals surface area (Å²) in [7, 11) is 0. The molecule has 5 aromatic rings. The van der Waals surface area contributed by atoms with Gasteiger partial charge in [0.15, 0.2) is 0 Å². The number of nitrogens with one attached hydrogen (secondary N) is 3. The molecular weight excluding hydrogens is 357 g/mol. The summed E-state index contributed by atoms with van der Waals surface area (Å²) in [5.41, 5.74) is 1.82. The predicted molar refractivity (Wildman–Crippen MR) is 107 cm³/mol. The van der Waals surface area contributed by atoms with E-state index in [2.05, 4.69) is 25.3 Å². The molecular formula is C21H14FN5O. The van der Waals surface area contributed by atoms with Crippen molar-refractivity contribution in [1.82, 2.24) is 19.9 Å². The van der Waals surface area contributed by atoms with Crippen LogP contribution in [0.3, 0.4) is 0 Å². The second kappa shape index (κ2) is 6.31. The van der Waals surface area contributed by atoms with Gasteiger partial charge in [-0.1, -0.05) is 6.07 Å². The molecule has 0 saturated heterocycles. The van der Waals surface area contributed by atoms with Gasteiger partial charge < -0.3 is 15.3 Å². The van der Waals surface area contributed by atoms with E-state index in [-0.39, 0.29) is 5.56 Å². The zero-order chi connectivity index (χ0) is 19.1. The number of pyridine rings is 3. The van der Waals surface area contributed by atoms with E-state index >= 15 is 0 Å². The zero-order valence-electron chi connectivity index (χ0n) is 14.5. The van der Waals surface area contributed by atoms with Gasteiger partial charge in [-0.25, -0.2) is 9.97 Å². The van der Waals surface area contributed by atoms with Gasteiger partial charge in [0, 0.05) is 41.4 Å². The number of aromatic amines is 2. The van der Waals surface area contributed by atoms with Gasteiger partial charge in [0.25, 0.3) is 5.56 Å². The highest BCUT2D eigenvalue weighted by molar-refractivity contribution is 5.96. The lowest BCUT2D eigenvalue weighted by atomic mass is 10.1. The number of rotatable bonds is 3. The molecule has 0 spiro atoms. The van der Waals surface area contributed by atoms with Crippen LogP contribution in [0, 0.1) is 5.95 Å². The first-order valence-electron chi connectivity index (χ1n) is 8.65. The van der Waals surface area contributed by atoms with Crippen molar-refractivity contribution in [3.05, 3.63) is 83.6 Å². The van der Waals surface area contributed by atoms with E-state index in [1.165, 1.54) is 12.3 Å². The Labute approximate surface area is 158 Å². The Bertz CT molecular complexity index is 1370. The Kier molecular flexibility index (Phi) is 3.65. The molecule has 0 saturated carbocycles. The monoisotopic (exact) mass is 371 g/mol. The fourth-order valence-electron chi connectivity index (χ4n) is 3.25. The topological polar surface area (TPSA) is 86.5 Å². The minimum Gasteiger partial charge on any atom is -0.366 e. The van der Waals surface area contributed by atoms with Gasteiger partial charge in [0.1, 0.15) is 5.82 Å². The maximum Gasteiger partial charge on any atom is 0.259 e. The number of H-pyrrole nitrogens is 2. The molecule has 136 valence electrons. The smallest absolute Gasteiger partial charge is 0.259 e. The molecule has 0 radical (unpaired) electrons. The van der Waals surface area contributed by atoms with Gasteiger partial charge in [-0.15, -0.1) is 0 Å². The predicted octanol–water partition coefficient (Wildman–Crippen LogP) is 4.35. The Morgan fingerprint density at radius 1 is 0.964 bits per heavy atom. The molecule has 0 amide bonds. The van der Waals surface area contributed by atoms with Crippen LogP contribution in [0.5, 0.6) is 0 Å². The summed E-state index contributed by atoms with van der Waals surface area (Å²) in [6.45, 7) is 0. The van der Waals surface area contributed by atoms with Gasteiger partial charge in [0.05, 0.1) is 11.1 Å². The number of anilines is 2. The first-order valence-corrected chi connectivity index (χ1v) is 8.65. The maximum absolute atomic E-state index is 13.2. The normalized spacial score (nSPS) is 11.2. The summed E-state index contributed by atoms with van der Waals surface area (Å²) in [4.78, 5) is 26.5. The lowest BCUT2D eigenvalue weighted by Gasteiger charge is -2.11. The fraction of sp³-hybridized carbons (Fsp3) is 0. The summed E-state index contributed by atoms with van der Waals surface area (Å²) < 4.78 is 13.2. The molecule has 4 heterocycles. The van der Waals surface area contributed by atoms with Crippen molar-refractivity contribution in [2.45, 2.75) is 0 Å². The first kappa shape index (κ1) is 16.2. The van der Waals surface area contributed by atoms with Crippen molar-refractivity contribution >= 4 is 33.1 Å². The molecule has 6 nitrogen and oxygen atoms in total. The molecule has 0 fully saturated rings. The van der Waals surface area contributed by atoms with Crippen molar-refractivity contribution < 1.29 is 4.39 Å². The fourth-order valence-corrected chi connectivity index (χ4v) is 3.25. The lowest BCUT2D eigenvalue weighted by Crippen LogP contribution is -2.09. The van der Waals surface area contributed by atoms with Crippen molar-refractivity contribution in [3.8, 4) is 11.3 Å². The molecule has 28 heavy (non-hydrogen) atoms. The Morgan fingerprint density at radius 3 is 2.71 bits per heavy atom. The third-order valence-electron chi connectivity index (χ3n) is 4.60. The van der Waals surface area contributed by atoms with E-state index in [1.807, 2.05) is 30.6 Å². The van der Waals surface area contributed by atoms with Gasteiger partial charge in [-0.2, -0.15) is 4.39 Å². The molecule has 1 aromatic carbocycles. The van der Waals surface area contributed by atoms with Crippen molar-refractivity contribution in [1.29, 1.82) is 0 Å². The Morgan fingerprint density at radius 2 is 1.86 bits per heavy atom. The molecule has 0 aliphatic carbocycles. The summed E-state index contributed by atoms with van der Waals surface area (Å²) in [5.74, 6) is -0.132. The third kappa shape index (κ3) is 2.79. The molecule has 3 N–H and O–H groups in total. The highest BCUT2D eigenvalue weighted by Crippen LogP contribution is 2.28. The van der Waals surface area contributed by atoms with Crippen molar-refractivity contribution in [2.24, 2.45) is 0 Å². The average molecular weight is 371 g/mol. The Balaban J connectivity index is 1.68. The van der Waals surface area contributed by atoms with E-state index in [0.29, 0.717) is 22.5 Å². The molecule has 0 unspecified atom stereocenters. The van der Waals surface area contributed by atoms with Crippen molar-refractivity contribution in [2.75, 3.05) is 5.32 Å². The van der Waals surface area contributed by atoms with Gasteiger partial charge >= 0.3 is 0 Å². The molecule has 4 aromatic heterocycles. The molecule has 5 rings (SSSR count). The molecule has 0 atom stereocenters. The van der Waals surface area contributed by atoms with Crippen LogP contribution >= 0.6 is 0 Å². The number of aromatic nitrogens is 4. The van der Waals surface area contributed by atoms with E-state index in [9.17, 15) is 9.18 Å². The number of hydrogen-bond acceptors (Lipinski definition) is 4. The molecule has 0 bridgehead atoms. The number of halogens is 1. The summed E-state index contributed by atoms with van der Waals surface area (Å²) in [6, 6.07) is 12.4. The van der Waals surface area contributed by atoms with Gasteiger partial charge in [-0.05, 0) is 47.2 Å². The second-order valence-electron chi connectivity index (χ2n) is 6.42.